The number of likely N-dealkylation sites (N-methyl/N-ethyl adjacent to an activating group) is 1. The minimum atomic E-state index is -0.486. The second-order valence-corrected chi connectivity index (χ2v) is 9.55. The molecule has 3 N–H and O–H groups in total. The van der Waals surface area contributed by atoms with Crippen molar-refractivity contribution in [3.63, 3.8) is 0 Å². The van der Waals surface area contributed by atoms with Crippen molar-refractivity contribution in [2.75, 3.05) is 32.6 Å². The van der Waals surface area contributed by atoms with Crippen molar-refractivity contribution >= 4 is 17.5 Å². The number of carbonyl (C=O) groups is 2. The molecule has 176 valence electrons. The number of nitrogens with one attached hydrogen (secondary N) is 2. The van der Waals surface area contributed by atoms with Crippen LogP contribution in [-0.4, -0.2) is 73.4 Å². The quantitative estimate of drug-likeness (QED) is 0.594. The highest BCUT2D eigenvalue weighted by atomic mass is 16.6. The van der Waals surface area contributed by atoms with E-state index in [0.717, 1.165) is 29.8 Å². The molecule has 1 aliphatic carbocycles. The highest BCUT2D eigenvalue weighted by molar-refractivity contribution is 5.92. The van der Waals surface area contributed by atoms with Gasteiger partial charge in [-0.15, -0.1) is 0 Å². The van der Waals surface area contributed by atoms with Gasteiger partial charge in [-0.3, -0.25) is 9.59 Å². The Hall–Kier alpha value is -2.16. The molecule has 0 spiro atoms. The minimum Gasteiger partial charge on any atom is -0.487 e. The molecule has 1 saturated carbocycles. The number of rotatable bonds is 7. The summed E-state index contributed by atoms with van der Waals surface area (Å²) in [5.74, 6) is 0.692. The van der Waals surface area contributed by atoms with Crippen molar-refractivity contribution in [2.45, 2.75) is 75.2 Å². The molecule has 1 aromatic carbocycles. The monoisotopic (exact) mass is 445 g/mol. The van der Waals surface area contributed by atoms with Crippen molar-refractivity contribution in [2.24, 2.45) is 0 Å². The van der Waals surface area contributed by atoms with E-state index in [9.17, 15) is 14.7 Å². The summed E-state index contributed by atoms with van der Waals surface area (Å²) in [6.45, 7) is 0.139. The van der Waals surface area contributed by atoms with Crippen LogP contribution in [0, 0.1) is 0 Å². The Morgan fingerprint density at radius 3 is 2.66 bits per heavy atom. The van der Waals surface area contributed by atoms with Gasteiger partial charge in [0.05, 0.1) is 25.7 Å². The van der Waals surface area contributed by atoms with Gasteiger partial charge in [0.2, 0.25) is 11.8 Å². The first kappa shape index (κ1) is 23.0. The Morgan fingerprint density at radius 2 is 1.94 bits per heavy atom. The number of aliphatic hydroxyl groups excluding tert-OH is 1. The summed E-state index contributed by atoms with van der Waals surface area (Å²) in [6, 6.07) is 5.91. The van der Waals surface area contributed by atoms with Crippen LogP contribution in [-0.2, 0) is 14.3 Å². The molecule has 1 aromatic rings. The highest BCUT2D eigenvalue weighted by Crippen LogP contribution is 2.47. The Kier molecular flexibility index (Phi) is 7.33. The van der Waals surface area contributed by atoms with Gasteiger partial charge in [0.25, 0.3) is 0 Å². The van der Waals surface area contributed by atoms with Crippen LogP contribution >= 0.6 is 0 Å². The molecule has 8 heteroatoms. The van der Waals surface area contributed by atoms with E-state index < -0.39 is 6.10 Å². The van der Waals surface area contributed by atoms with Crippen LogP contribution in [0.1, 0.15) is 56.4 Å². The SMILES string of the molecule is CN(C)CC(=O)Nc1ccc2c(c1)[C@H]1C[C@@H](CC(=O)NC3CCCCC3)O[C@@H](CO)[C@H]1O2. The molecule has 2 heterocycles. The fraction of sp³-hybridized carbons (Fsp3) is 0.667. The first-order valence-corrected chi connectivity index (χ1v) is 11.7. The number of hydrogen-bond donors (Lipinski definition) is 3. The maximum Gasteiger partial charge on any atom is 0.238 e. The molecule has 0 unspecified atom stereocenters. The van der Waals surface area contributed by atoms with Crippen molar-refractivity contribution in [3.05, 3.63) is 23.8 Å². The van der Waals surface area contributed by atoms with E-state index in [-0.39, 0.29) is 49.0 Å². The highest BCUT2D eigenvalue weighted by Gasteiger charge is 2.46. The van der Waals surface area contributed by atoms with Gasteiger partial charge in [0.15, 0.2) is 0 Å². The normalized spacial score (nSPS) is 27.4. The molecule has 4 atom stereocenters. The summed E-state index contributed by atoms with van der Waals surface area (Å²) in [6.07, 6.45) is 5.54. The molecular formula is C24H35N3O5. The molecule has 8 nitrogen and oxygen atoms in total. The fourth-order valence-electron chi connectivity index (χ4n) is 5.19. The summed E-state index contributed by atoms with van der Waals surface area (Å²) in [5.41, 5.74) is 1.72. The number of benzene rings is 1. The largest absolute Gasteiger partial charge is 0.487 e. The van der Waals surface area contributed by atoms with Crippen molar-refractivity contribution in [1.29, 1.82) is 0 Å². The third kappa shape index (κ3) is 5.42. The van der Waals surface area contributed by atoms with E-state index in [2.05, 4.69) is 10.6 Å². The number of hydrogen-bond acceptors (Lipinski definition) is 6. The number of anilines is 1. The van der Waals surface area contributed by atoms with Crippen molar-refractivity contribution in [1.82, 2.24) is 10.2 Å². The summed E-state index contributed by atoms with van der Waals surface area (Å²) in [4.78, 5) is 26.6. The molecule has 0 radical (unpaired) electrons. The predicted molar refractivity (Wildman–Crippen MR) is 121 cm³/mol. The Morgan fingerprint density at radius 1 is 1.16 bits per heavy atom. The molecule has 3 aliphatic rings. The molecular weight excluding hydrogens is 410 g/mol. The fourth-order valence-corrected chi connectivity index (χ4v) is 5.19. The van der Waals surface area contributed by atoms with E-state index in [0.29, 0.717) is 13.0 Å². The lowest BCUT2D eigenvalue weighted by molar-refractivity contribution is -0.142. The summed E-state index contributed by atoms with van der Waals surface area (Å²) < 4.78 is 12.2. The van der Waals surface area contributed by atoms with E-state index in [1.807, 2.05) is 37.2 Å². The van der Waals surface area contributed by atoms with Crippen LogP contribution in [0.25, 0.3) is 0 Å². The Labute approximate surface area is 189 Å². The molecule has 2 aliphatic heterocycles. The topological polar surface area (TPSA) is 100 Å². The Balaban J connectivity index is 1.43. The van der Waals surface area contributed by atoms with Gasteiger partial charge in [-0.25, -0.2) is 0 Å². The lowest BCUT2D eigenvalue weighted by atomic mass is 9.84. The lowest BCUT2D eigenvalue weighted by Gasteiger charge is -2.37. The van der Waals surface area contributed by atoms with Gasteiger partial charge in [0, 0.05) is 23.2 Å². The number of nitrogens with zero attached hydrogens (tertiary/aromatic N) is 1. The van der Waals surface area contributed by atoms with Crippen LogP contribution < -0.4 is 15.4 Å². The predicted octanol–water partition coefficient (Wildman–Crippen LogP) is 2.02. The summed E-state index contributed by atoms with van der Waals surface area (Å²) >= 11 is 0. The summed E-state index contributed by atoms with van der Waals surface area (Å²) in [7, 11) is 3.70. The zero-order valence-electron chi connectivity index (χ0n) is 19.0. The smallest absolute Gasteiger partial charge is 0.238 e. The van der Waals surface area contributed by atoms with Gasteiger partial charge < -0.3 is 30.1 Å². The first-order valence-electron chi connectivity index (χ1n) is 11.7. The molecule has 32 heavy (non-hydrogen) atoms. The summed E-state index contributed by atoms with van der Waals surface area (Å²) in [5, 5.41) is 16.0. The third-order valence-electron chi connectivity index (χ3n) is 6.63. The number of amides is 2. The average Bonchev–Trinajstić information content (AvgIpc) is 3.11. The van der Waals surface area contributed by atoms with Crippen LogP contribution in [0.5, 0.6) is 5.75 Å². The van der Waals surface area contributed by atoms with Gasteiger partial charge in [-0.05, 0) is 51.6 Å². The van der Waals surface area contributed by atoms with Crippen molar-refractivity contribution in [3.8, 4) is 5.75 Å². The second kappa shape index (κ2) is 10.2. The number of carbonyl (C=O) groups excluding carboxylic acids is 2. The molecule has 2 amide bonds. The van der Waals surface area contributed by atoms with E-state index >= 15 is 0 Å². The van der Waals surface area contributed by atoms with Crippen LogP contribution in [0.15, 0.2) is 18.2 Å². The molecule has 1 saturated heterocycles. The second-order valence-electron chi connectivity index (χ2n) is 9.55. The number of fused-ring (bicyclic) bond motifs is 3. The van der Waals surface area contributed by atoms with Crippen LogP contribution in [0.2, 0.25) is 0 Å². The zero-order chi connectivity index (χ0) is 22.7. The number of aliphatic hydroxyl groups is 1. The van der Waals surface area contributed by atoms with E-state index in [4.69, 9.17) is 9.47 Å². The third-order valence-corrected chi connectivity index (χ3v) is 6.63. The van der Waals surface area contributed by atoms with Crippen LogP contribution in [0.4, 0.5) is 5.69 Å². The van der Waals surface area contributed by atoms with E-state index in [1.54, 1.807) is 0 Å². The number of ether oxygens (including phenoxy) is 2. The molecule has 0 aromatic heterocycles. The first-order chi connectivity index (χ1) is 15.4. The van der Waals surface area contributed by atoms with Gasteiger partial charge in [-0.1, -0.05) is 19.3 Å². The van der Waals surface area contributed by atoms with Gasteiger partial charge in [-0.2, -0.15) is 0 Å². The van der Waals surface area contributed by atoms with Crippen LogP contribution in [0.3, 0.4) is 0 Å². The molecule has 2 fully saturated rings. The molecule has 0 bridgehead atoms. The Bertz CT molecular complexity index is 824. The minimum absolute atomic E-state index is 0.00841. The van der Waals surface area contributed by atoms with Gasteiger partial charge in [0.1, 0.15) is 18.0 Å². The molecule has 4 rings (SSSR count). The lowest BCUT2D eigenvalue weighted by Crippen LogP contribution is -2.48. The zero-order valence-corrected chi connectivity index (χ0v) is 19.0. The van der Waals surface area contributed by atoms with Gasteiger partial charge >= 0.3 is 0 Å². The maximum atomic E-state index is 12.6. The maximum absolute atomic E-state index is 12.6. The van der Waals surface area contributed by atoms with Crippen molar-refractivity contribution < 1.29 is 24.2 Å². The standard InChI is InChI=1S/C24H35N3O5/c1-27(2)13-23(30)26-16-8-9-20-18(10-16)19-11-17(31-21(14-28)24(19)32-20)12-22(29)25-15-6-4-3-5-7-15/h8-10,15,17,19,21,24,28H,3-7,11-14H2,1-2H3,(H,25,29)(H,26,30)/t17-,19+,21-,24-/m0/s1. The van der Waals surface area contributed by atoms with E-state index in [1.165, 1.54) is 19.3 Å². The average molecular weight is 446 g/mol.